The van der Waals surface area contributed by atoms with Crippen LogP contribution in [0.3, 0.4) is 0 Å². The van der Waals surface area contributed by atoms with Gasteiger partial charge in [-0.05, 0) is 83.0 Å². The number of morpholine rings is 1. The van der Waals surface area contributed by atoms with Crippen LogP contribution in [0.25, 0.3) is 16.7 Å². The van der Waals surface area contributed by atoms with Crippen LogP contribution in [0.15, 0.2) is 47.7 Å². The van der Waals surface area contributed by atoms with E-state index < -0.39 is 30.0 Å². The lowest BCUT2D eigenvalue weighted by molar-refractivity contribution is -0.135. The number of imidazole rings is 1. The molecule has 1 unspecified atom stereocenters. The van der Waals surface area contributed by atoms with Crippen LogP contribution in [0, 0.1) is 5.92 Å². The van der Waals surface area contributed by atoms with Crippen molar-refractivity contribution in [3.05, 3.63) is 64.6 Å². The second-order valence-corrected chi connectivity index (χ2v) is 17.1. The molecule has 324 valence electrons. The SMILES string of the molecule is C[C@H]1CN(c2ccn3ncc(C(=O)Nc4cn([C@H]5CC[C@H](CN(C)C6CCN(c7cccc8c7n(C)c(=O)n8C7CCC(=O)NC7=O)CC6)CC5)nc4C(F)F)c3n2)CCO1. The second-order valence-electron chi connectivity index (χ2n) is 17.1. The fraction of sp³-hybridized carbons (Fsp3) is 0.548. The fourth-order valence-electron chi connectivity index (χ4n) is 9.86. The zero-order valence-electron chi connectivity index (χ0n) is 34.7. The number of hydrogen-bond donors (Lipinski definition) is 2. The molecule has 19 heteroatoms. The first-order valence-corrected chi connectivity index (χ1v) is 21.3. The first-order chi connectivity index (χ1) is 29.4. The molecular formula is C42H52F2N12O5. The number of anilines is 3. The minimum absolute atomic E-state index is 0.0175. The zero-order chi connectivity index (χ0) is 42.5. The quantitative estimate of drug-likeness (QED) is 0.192. The van der Waals surface area contributed by atoms with Crippen molar-refractivity contribution in [3.8, 4) is 0 Å². The van der Waals surface area contributed by atoms with Gasteiger partial charge in [-0.3, -0.25) is 33.5 Å². The van der Waals surface area contributed by atoms with Gasteiger partial charge in [-0.25, -0.2) is 23.1 Å². The van der Waals surface area contributed by atoms with E-state index in [9.17, 15) is 28.0 Å². The Labute approximate surface area is 350 Å². The van der Waals surface area contributed by atoms with Crippen molar-refractivity contribution in [2.75, 3.05) is 61.5 Å². The number of ether oxygens (including phenoxy) is 1. The van der Waals surface area contributed by atoms with Crippen LogP contribution in [-0.2, 0) is 21.4 Å². The van der Waals surface area contributed by atoms with Crippen LogP contribution in [0.4, 0.5) is 26.0 Å². The topological polar surface area (TPSA) is 169 Å². The highest BCUT2D eigenvalue weighted by atomic mass is 19.3. The Bertz CT molecular complexity index is 2510. The molecule has 5 aromatic rings. The summed E-state index contributed by atoms with van der Waals surface area (Å²) in [4.78, 5) is 63.1. The maximum atomic E-state index is 14.3. The molecule has 1 aliphatic carbocycles. The number of carbonyl (C=O) groups excluding carboxylic acids is 3. The zero-order valence-corrected chi connectivity index (χ0v) is 34.7. The maximum Gasteiger partial charge on any atom is 0.329 e. The van der Waals surface area contributed by atoms with E-state index in [2.05, 4.69) is 42.6 Å². The van der Waals surface area contributed by atoms with E-state index in [-0.39, 0.29) is 47.8 Å². The number of rotatable bonds is 10. The molecule has 3 saturated heterocycles. The Morgan fingerprint density at radius 3 is 2.56 bits per heavy atom. The van der Waals surface area contributed by atoms with Crippen molar-refractivity contribution in [2.45, 2.75) is 88.9 Å². The predicted molar refractivity (Wildman–Crippen MR) is 223 cm³/mol. The number of hydrogen-bond acceptors (Lipinski definition) is 11. The number of amides is 3. The van der Waals surface area contributed by atoms with Gasteiger partial charge in [-0.15, -0.1) is 0 Å². The molecule has 4 aliphatic rings. The summed E-state index contributed by atoms with van der Waals surface area (Å²) in [5.41, 5.74) is 2.18. The number of aryl methyl sites for hydroxylation is 1. The minimum Gasteiger partial charge on any atom is -0.375 e. The van der Waals surface area contributed by atoms with E-state index in [0.29, 0.717) is 48.6 Å². The lowest BCUT2D eigenvalue weighted by Gasteiger charge is -2.40. The monoisotopic (exact) mass is 842 g/mol. The summed E-state index contributed by atoms with van der Waals surface area (Å²) in [5.74, 6) is -0.209. The number of piperidine rings is 2. The summed E-state index contributed by atoms with van der Waals surface area (Å²) in [6.07, 6.45) is 7.64. The third kappa shape index (κ3) is 7.88. The molecule has 3 amide bonds. The molecule has 9 rings (SSSR count). The number of nitrogens with one attached hydrogen (secondary N) is 2. The summed E-state index contributed by atoms with van der Waals surface area (Å²) < 4.78 is 40.6. The van der Waals surface area contributed by atoms with Crippen LogP contribution in [0.1, 0.15) is 92.9 Å². The van der Waals surface area contributed by atoms with Gasteiger partial charge in [0.15, 0.2) is 11.3 Å². The largest absolute Gasteiger partial charge is 0.375 e. The van der Waals surface area contributed by atoms with Crippen LogP contribution >= 0.6 is 0 Å². The average Bonchev–Trinajstić information content (AvgIpc) is 3.95. The van der Waals surface area contributed by atoms with Gasteiger partial charge in [0.2, 0.25) is 11.8 Å². The normalized spacial score (nSPS) is 23.1. The van der Waals surface area contributed by atoms with E-state index in [0.717, 1.165) is 69.4 Å². The molecule has 1 saturated carbocycles. The number of aromatic nitrogens is 7. The molecule has 17 nitrogen and oxygen atoms in total. The lowest BCUT2D eigenvalue weighted by atomic mass is 9.85. The predicted octanol–water partition coefficient (Wildman–Crippen LogP) is 4.30. The molecule has 0 bridgehead atoms. The molecule has 7 heterocycles. The number of nitrogens with zero attached hydrogens (tertiary/aromatic N) is 10. The number of benzene rings is 1. The number of para-hydroxylation sites is 1. The number of alkyl halides is 2. The molecule has 0 spiro atoms. The summed E-state index contributed by atoms with van der Waals surface area (Å²) in [5, 5.41) is 13.6. The van der Waals surface area contributed by atoms with Crippen molar-refractivity contribution in [1.82, 2.24) is 43.7 Å². The fourth-order valence-corrected chi connectivity index (χ4v) is 9.86. The highest BCUT2D eigenvalue weighted by Gasteiger charge is 2.34. The number of fused-ring (bicyclic) bond motifs is 2. The highest BCUT2D eigenvalue weighted by Crippen LogP contribution is 2.37. The van der Waals surface area contributed by atoms with E-state index in [1.165, 1.54) is 21.5 Å². The molecule has 4 fully saturated rings. The number of imide groups is 1. The number of halogens is 2. The molecule has 4 aromatic heterocycles. The third-order valence-electron chi connectivity index (χ3n) is 13.1. The van der Waals surface area contributed by atoms with Gasteiger partial charge in [-0.1, -0.05) is 6.07 Å². The van der Waals surface area contributed by atoms with E-state index >= 15 is 0 Å². The summed E-state index contributed by atoms with van der Waals surface area (Å²) in [6, 6.07) is 7.24. The van der Waals surface area contributed by atoms with Gasteiger partial charge in [0.1, 0.15) is 17.4 Å². The first kappa shape index (κ1) is 40.7. The second kappa shape index (κ2) is 16.6. The summed E-state index contributed by atoms with van der Waals surface area (Å²) in [6.45, 7) is 6.44. The Balaban J connectivity index is 0.801. The molecule has 61 heavy (non-hydrogen) atoms. The van der Waals surface area contributed by atoms with Crippen LogP contribution < -0.4 is 26.1 Å². The first-order valence-electron chi connectivity index (χ1n) is 21.3. The van der Waals surface area contributed by atoms with E-state index in [1.54, 1.807) is 22.5 Å². The van der Waals surface area contributed by atoms with E-state index in [4.69, 9.17) is 9.72 Å². The summed E-state index contributed by atoms with van der Waals surface area (Å²) >= 11 is 0. The van der Waals surface area contributed by atoms with Gasteiger partial charge < -0.3 is 24.8 Å². The van der Waals surface area contributed by atoms with Crippen molar-refractivity contribution in [2.24, 2.45) is 13.0 Å². The third-order valence-corrected chi connectivity index (χ3v) is 13.1. The molecule has 2 N–H and O–H groups in total. The van der Waals surface area contributed by atoms with Crippen LogP contribution in [0.5, 0.6) is 0 Å². The van der Waals surface area contributed by atoms with Gasteiger partial charge in [-0.2, -0.15) is 10.2 Å². The van der Waals surface area contributed by atoms with Gasteiger partial charge >= 0.3 is 5.69 Å². The average molecular weight is 843 g/mol. The van der Waals surface area contributed by atoms with Gasteiger partial charge in [0.25, 0.3) is 12.3 Å². The molecule has 3 aliphatic heterocycles. The Hall–Kier alpha value is -5.69. The molecule has 1 aromatic carbocycles. The van der Waals surface area contributed by atoms with Crippen molar-refractivity contribution in [1.29, 1.82) is 0 Å². The Morgan fingerprint density at radius 1 is 1.03 bits per heavy atom. The van der Waals surface area contributed by atoms with Crippen molar-refractivity contribution >= 4 is 51.6 Å². The van der Waals surface area contributed by atoms with Gasteiger partial charge in [0, 0.05) is 64.6 Å². The van der Waals surface area contributed by atoms with E-state index in [1.807, 2.05) is 31.2 Å². The lowest BCUT2D eigenvalue weighted by Crippen LogP contribution is -2.45. The summed E-state index contributed by atoms with van der Waals surface area (Å²) in [7, 11) is 3.91. The molecule has 0 radical (unpaired) electrons. The smallest absolute Gasteiger partial charge is 0.329 e. The minimum atomic E-state index is -2.87. The molecular weight excluding hydrogens is 791 g/mol. The number of carbonyl (C=O) groups is 3. The van der Waals surface area contributed by atoms with Crippen LogP contribution in [0.2, 0.25) is 0 Å². The standard InChI is InChI=1S/C42H52F2N12O5/c1-25-22-53(19-20-61-25)34-15-18-54-39(47-34)29(21-45-54)40(58)46-30-24-55(49-36(30)38(43)44)28-9-7-26(8-10-28)23-50(2)27-13-16-52(17-14-27)31-5-4-6-32-37(31)51(3)42(60)56(32)33-11-12-35(57)48-41(33)59/h4-6,15,18,21,24-28,33,38H,7-14,16-17,19-20,22-23H2,1-3H3,(H,46,58)(H,48,57,59)/t25-,26-,28-,33?/m0/s1. The molecule has 2 atom stereocenters. The Kier molecular flexibility index (Phi) is 11.1. The van der Waals surface area contributed by atoms with Crippen molar-refractivity contribution < 1.29 is 27.9 Å². The van der Waals surface area contributed by atoms with Gasteiger partial charge in [0.05, 0.1) is 47.4 Å². The maximum absolute atomic E-state index is 14.3. The van der Waals surface area contributed by atoms with Crippen LogP contribution in [-0.4, -0.2) is 115 Å². The highest BCUT2D eigenvalue weighted by molar-refractivity contribution is 6.08. The van der Waals surface area contributed by atoms with Crippen molar-refractivity contribution in [3.63, 3.8) is 0 Å². The Morgan fingerprint density at radius 2 is 1.82 bits per heavy atom.